The molecule has 0 spiro atoms. The molecule has 0 N–H and O–H groups in total. The third-order valence-corrected chi connectivity index (χ3v) is 3.59. The summed E-state index contributed by atoms with van der Waals surface area (Å²) in [7, 11) is 0. The maximum absolute atomic E-state index is 5.77. The largest absolute Gasteiger partial charge is 0.373 e. The second-order valence-corrected chi connectivity index (χ2v) is 4.55. The highest BCUT2D eigenvalue weighted by molar-refractivity contribution is 7.10. The number of rotatable bonds is 3. The summed E-state index contributed by atoms with van der Waals surface area (Å²) in [6.07, 6.45) is 5.25. The highest BCUT2D eigenvalue weighted by Crippen LogP contribution is 2.33. The molecule has 13 heavy (non-hydrogen) atoms. The van der Waals surface area contributed by atoms with Crippen LogP contribution in [0.2, 0.25) is 0 Å². The topological polar surface area (TPSA) is 9.23 Å². The summed E-state index contributed by atoms with van der Waals surface area (Å²) < 4.78 is 5.77. The number of fused-ring (bicyclic) bond motifs is 1. The monoisotopic (exact) mass is 196 g/mol. The molecule has 1 aromatic heterocycles. The standard InChI is InChI=1S/C11H16OS/c1-2-3-4-10-9-6-8-13-11(9)5-7-12-10/h6,8,10H,2-5,7H2,1H3. The first-order chi connectivity index (χ1) is 6.42. The van der Waals surface area contributed by atoms with Crippen molar-refractivity contribution in [3.05, 3.63) is 21.9 Å². The van der Waals surface area contributed by atoms with E-state index >= 15 is 0 Å². The molecule has 0 fully saturated rings. The van der Waals surface area contributed by atoms with Crippen molar-refractivity contribution in [2.24, 2.45) is 0 Å². The Morgan fingerprint density at radius 3 is 3.38 bits per heavy atom. The Labute approximate surface area is 83.7 Å². The van der Waals surface area contributed by atoms with Crippen molar-refractivity contribution in [2.45, 2.75) is 38.7 Å². The first kappa shape index (κ1) is 9.22. The first-order valence-corrected chi connectivity index (χ1v) is 5.97. The summed E-state index contributed by atoms with van der Waals surface area (Å²) in [4.78, 5) is 1.55. The second kappa shape index (κ2) is 4.25. The van der Waals surface area contributed by atoms with Crippen LogP contribution in [0.15, 0.2) is 11.4 Å². The minimum absolute atomic E-state index is 0.398. The molecule has 0 saturated heterocycles. The van der Waals surface area contributed by atoms with Crippen LogP contribution in [0.4, 0.5) is 0 Å². The normalized spacial score (nSPS) is 21.5. The molecule has 0 amide bonds. The van der Waals surface area contributed by atoms with Gasteiger partial charge < -0.3 is 4.74 Å². The number of ether oxygens (including phenoxy) is 1. The predicted octanol–water partition coefficient (Wildman–Crippen LogP) is 3.55. The molecule has 1 aliphatic rings. The Balaban J connectivity index is 2.07. The maximum atomic E-state index is 5.77. The third kappa shape index (κ3) is 1.94. The molecule has 2 heteroatoms. The van der Waals surface area contributed by atoms with Crippen LogP contribution >= 0.6 is 11.3 Å². The average Bonchev–Trinajstić information content (AvgIpc) is 2.62. The second-order valence-electron chi connectivity index (χ2n) is 3.55. The van der Waals surface area contributed by atoms with E-state index in [1.54, 1.807) is 4.88 Å². The molecule has 1 unspecified atom stereocenters. The van der Waals surface area contributed by atoms with E-state index in [9.17, 15) is 0 Å². The first-order valence-electron chi connectivity index (χ1n) is 5.09. The van der Waals surface area contributed by atoms with E-state index in [4.69, 9.17) is 4.74 Å². The van der Waals surface area contributed by atoms with Crippen LogP contribution in [-0.4, -0.2) is 6.61 Å². The van der Waals surface area contributed by atoms with Gasteiger partial charge in [-0.2, -0.15) is 0 Å². The van der Waals surface area contributed by atoms with Gasteiger partial charge >= 0.3 is 0 Å². The summed E-state index contributed by atoms with van der Waals surface area (Å²) in [6, 6.07) is 2.24. The van der Waals surface area contributed by atoms with Crippen molar-refractivity contribution in [1.82, 2.24) is 0 Å². The fourth-order valence-corrected chi connectivity index (χ4v) is 2.77. The van der Waals surface area contributed by atoms with E-state index in [-0.39, 0.29) is 0 Å². The number of hydrogen-bond acceptors (Lipinski definition) is 2. The van der Waals surface area contributed by atoms with Gasteiger partial charge in [-0.15, -0.1) is 11.3 Å². The molecule has 1 aliphatic heterocycles. The van der Waals surface area contributed by atoms with Gasteiger partial charge in [0.2, 0.25) is 0 Å². The summed E-state index contributed by atoms with van der Waals surface area (Å²) in [5.41, 5.74) is 1.46. The van der Waals surface area contributed by atoms with Crippen LogP contribution < -0.4 is 0 Å². The van der Waals surface area contributed by atoms with Crippen molar-refractivity contribution in [3.63, 3.8) is 0 Å². The maximum Gasteiger partial charge on any atom is 0.0835 e. The van der Waals surface area contributed by atoms with E-state index < -0.39 is 0 Å². The van der Waals surface area contributed by atoms with Gasteiger partial charge in [0.15, 0.2) is 0 Å². The van der Waals surface area contributed by atoms with E-state index in [0.717, 1.165) is 13.0 Å². The van der Waals surface area contributed by atoms with E-state index in [2.05, 4.69) is 18.4 Å². The van der Waals surface area contributed by atoms with Gasteiger partial charge in [0.1, 0.15) is 0 Å². The van der Waals surface area contributed by atoms with Crippen LogP contribution in [0.25, 0.3) is 0 Å². The molecule has 0 aliphatic carbocycles. The minimum Gasteiger partial charge on any atom is -0.373 e. The number of hydrogen-bond donors (Lipinski definition) is 0. The lowest BCUT2D eigenvalue weighted by Gasteiger charge is -2.23. The van der Waals surface area contributed by atoms with Gasteiger partial charge in [0, 0.05) is 11.3 Å². The molecule has 72 valence electrons. The zero-order valence-corrected chi connectivity index (χ0v) is 8.90. The molecule has 0 aromatic carbocycles. The Hall–Kier alpha value is -0.340. The molecule has 0 saturated carbocycles. The molecule has 0 bridgehead atoms. The SMILES string of the molecule is CCCCC1OCCc2sccc21. The molecule has 2 rings (SSSR count). The van der Waals surface area contributed by atoms with Gasteiger partial charge in [0.25, 0.3) is 0 Å². The van der Waals surface area contributed by atoms with Crippen LogP contribution in [0.1, 0.15) is 42.7 Å². The van der Waals surface area contributed by atoms with E-state index in [1.165, 1.54) is 24.8 Å². The van der Waals surface area contributed by atoms with Crippen molar-refractivity contribution in [2.75, 3.05) is 6.61 Å². The molecule has 1 aromatic rings. The Morgan fingerprint density at radius 1 is 1.62 bits per heavy atom. The zero-order chi connectivity index (χ0) is 9.10. The zero-order valence-electron chi connectivity index (χ0n) is 8.08. The minimum atomic E-state index is 0.398. The van der Waals surface area contributed by atoms with Gasteiger partial charge in [-0.05, 0) is 23.4 Å². The molecule has 0 radical (unpaired) electrons. The highest BCUT2D eigenvalue weighted by atomic mass is 32.1. The lowest BCUT2D eigenvalue weighted by molar-refractivity contribution is 0.0364. The average molecular weight is 196 g/mol. The fourth-order valence-electron chi connectivity index (χ4n) is 1.85. The van der Waals surface area contributed by atoms with Crippen LogP contribution in [0, 0.1) is 0 Å². The number of unbranched alkanes of at least 4 members (excludes halogenated alkanes) is 1. The summed E-state index contributed by atoms with van der Waals surface area (Å²) in [6.45, 7) is 3.15. The molecular formula is C11H16OS. The number of thiophene rings is 1. The fraction of sp³-hybridized carbons (Fsp3) is 0.636. The Morgan fingerprint density at radius 2 is 2.54 bits per heavy atom. The summed E-state index contributed by atoms with van der Waals surface area (Å²) in [5.74, 6) is 0. The predicted molar refractivity (Wildman–Crippen MR) is 56.2 cm³/mol. The van der Waals surface area contributed by atoms with Gasteiger partial charge in [0.05, 0.1) is 12.7 Å². The molecule has 1 nitrogen and oxygen atoms in total. The van der Waals surface area contributed by atoms with Crippen LogP contribution in [0.3, 0.4) is 0 Å². The van der Waals surface area contributed by atoms with Crippen LogP contribution in [-0.2, 0) is 11.2 Å². The van der Waals surface area contributed by atoms with Gasteiger partial charge in [-0.25, -0.2) is 0 Å². The third-order valence-electron chi connectivity index (χ3n) is 2.59. The van der Waals surface area contributed by atoms with Crippen molar-refractivity contribution in [1.29, 1.82) is 0 Å². The van der Waals surface area contributed by atoms with Crippen LogP contribution in [0.5, 0.6) is 0 Å². The highest BCUT2D eigenvalue weighted by Gasteiger charge is 2.20. The molecule has 1 atom stereocenters. The van der Waals surface area contributed by atoms with Gasteiger partial charge in [-0.3, -0.25) is 0 Å². The quantitative estimate of drug-likeness (QED) is 0.718. The summed E-state index contributed by atoms with van der Waals surface area (Å²) >= 11 is 1.88. The Bertz CT molecular complexity index is 267. The van der Waals surface area contributed by atoms with Crippen molar-refractivity contribution in [3.8, 4) is 0 Å². The molecular weight excluding hydrogens is 180 g/mol. The van der Waals surface area contributed by atoms with Crippen molar-refractivity contribution >= 4 is 11.3 Å². The lowest BCUT2D eigenvalue weighted by Crippen LogP contribution is -2.13. The Kier molecular flexibility index (Phi) is 3.01. The summed E-state index contributed by atoms with van der Waals surface area (Å²) in [5, 5.41) is 2.19. The van der Waals surface area contributed by atoms with Crippen molar-refractivity contribution < 1.29 is 4.74 Å². The smallest absolute Gasteiger partial charge is 0.0835 e. The molecule has 2 heterocycles. The van der Waals surface area contributed by atoms with Gasteiger partial charge in [-0.1, -0.05) is 19.8 Å². The van der Waals surface area contributed by atoms with E-state index in [1.807, 2.05) is 11.3 Å². The van der Waals surface area contributed by atoms with E-state index in [0.29, 0.717) is 6.10 Å². The lowest BCUT2D eigenvalue weighted by atomic mass is 10.0.